The maximum atomic E-state index is 12.7. The Bertz CT molecular complexity index is 621. The Morgan fingerprint density at radius 1 is 1.24 bits per heavy atom. The van der Waals surface area contributed by atoms with Crippen LogP contribution in [0.2, 0.25) is 0 Å². The molecule has 8 heteroatoms. The molecular weight excluding hydrogens is 335 g/mol. The van der Waals surface area contributed by atoms with Crippen LogP contribution in [0.15, 0.2) is 18.3 Å². The van der Waals surface area contributed by atoms with Crippen LogP contribution in [-0.4, -0.2) is 53.7 Å². The smallest absolute Gasteiger partial charge is 0.395 e. The van der Waals surface area contributed by atoms with E-state index < -0.39 is 11.7 Å². The minimum absolute atomic E-state index is 0.0597. The minimum Gasteiger partial charge on any atom is -0.395 e. The number of carbonyl (C=O) groups is 1. The van der Waals surface area contributed by atoms with Crippen molar-refractivity contribution < 1.29 is 23.1 Å². The van der Waals surface area contributed by atoms with Crippen LogP contribution >= 0.6 is 0 Å². The lowest BCUT2D eigenvalue weighted by Gasteiger charge is -2.48. The maximum Gasteiger partial charge on any atom is 0.417 e. The van der Waals surface area contributed by atoms with Crippen LogP contribution in [0.1, 0.15) is 31.2 Å². The van der Waals surface area contributed by atoms with E-state index in [1.54, 1.807) is 4.90 Å². The first-order chi connectivity index (χ1) is 11.8. The molecule has 5 nitrogen and oxygen atoms in total. The van der Waals surface area contributed by atoms with E-state index in [1.807, 2.05) is 4.90 Å². The van der Waals surface area contributed by atoms with Crippen LogP contribution in [-0.2, 0) is 11.0 Å². The molecule has 1 aromatic rings. The van der Waals surface area contributed by atoms with Crippen molar-refractivity contribution in [3.8, 4) is 0 Å². The third-order valence-corrected chi connectivity index (χ3v) is 5.18. The molecular formula is C17H22F3N3O2. The number of piperidine rings is 2. The molecule has 2 fully saturated rings. The summed E-state index contributed by atoms with van der Waals surface area (Å²) in [6, 6.07) is 2.48. The van der Waals surface area contributed by atoms with E-state index in [0.29, 0.717) is 31.9 Å². The second-order valence-electron chi connectivity index (χ2n) is 6.97. The maximum absolute atomic E-state index is 12.7. The van der Waals surface area contributed by atoms with Gasteiger partial charge in [-0.2, -0.15) is 13.2 Å². The highest BCUT2D eigenvalue weighted by Gasteiger charge is 2.42. The lowest BCUT2D eigenvalue weighted by Crippen LogP contribution is -2.54. The number of aromatic nitrogens is 1. The van der Waals surface area contributed by atoms with Crippen molar-refractivity contribution in [2.24, 2.45) is 5.41 Å². The number of likely N-dealkylation sites (tertiary alicyclic amines) is 1. The molecule has 138 valence electrons. The van der Waals surface area contributed by atoms with Gasteiger partial charge in [-0.1, -0.05) is 0 Å². The first-order valence-corrected chi connectivity index (χ1v) is 8.50. The topological polar surface area (TPSA) is 56.7 Å². The zero-order valence-corrected chi connectivity index (χ0v) is 13.9. The molecule has 2 saturated heterocycles. The molecule has 0 bridgehead atoms. The summed E-state index contributed by atoms with van der Waals surface area (Å²) in [7, 11) is 0. The number of aliphatic hydroxyl groups excluding tert-OH is 1. The van der Waals surface area contributed by atoms with E-state index >= 15 is 0 Å². The van der Waals surface area contributed by atoms with Crippen LogP contribution in [0, 0.1) is 5.41 Å². The summed E-state index contributed by atoms with van der Waals surface area (Å²) >= 11 is 0. The number of aliphatic hydroxyl groups is 1. The quantitative estimate of drug-likeness (QED) is 0.902. The molecule has 2 aliphatic rings. The predicted octanol–water partition coefficient (Wildman–Crippen LogP) is 2.30. The number of halogens is 3. The van der Waals surface area contributed by atoms with E-state index in [-0.39, 0.29) is 17.9 Å². The summed E-state index contributed by atoms with van der Waals surface area (Å²) in [6.45, 7) is 2.27. The number of hydrogen-bond donors (Lipinski definition) is 1. The molecule has 25 heavy (non-hydrogen) atoms. The van der Waals surface area contributed by atoms with Gasteiger partial charge < -0.3 is 14.9 Å². The van der Waals surface area contributed by atoms with Crippen LogP contribution in [0.3, 0.4) is 0 Å². The number of hydrogen-bond acceptors (Lipinski definition) is 4. The van der Waals surface area contributed by atoms with Crippen molar-refractivity contribution in [3.63, 3.8) is 0 Å². The summed E-state index contributed by atoms with van der Waals surface area (Å²) in [5.74, 6) is 0.599. The van der Waals surface area contributed by atoms with Crippen molar-refractivity contribution in [2.75, 3.05) is 37.7 Å². The summed E-state index contributed by atoms with van der Waals surface area (Å²) < 4.78 is 38.1. The highest BCUT2D eigenvalue weighted by atomic mass is 19.4. The number of alkyl halides is 3. The van der Waals surface area contributed by atoms with Crippen LogP contribution in [0.5, 0.6) is 0 Å². The van der Waals surface area contributed by atoms with Gasteiger partial charge in [0, 0.05) is 44.2 Å². The SMILES string of the molecule is O=C1CC[C@]2(CCCN(c3ccc(C(F)(F)F)cn3)C2)CN1CCO. The van der Waals surface area contributed by atoms with Crippen molar-refractivity contribution in [2.45, 2.75) is 31.9 Å². The summed E-state index contributed by atoms with van der Waals surface area (Å²) in [5.41, 5.74) is -0.827. The fourth-order valence-electron chi connectivity index (χ4n) is 3.90. The molecule has 0 radical (unpaired) electrons. The molecule has 1 amide bonds. The van der Waals surface area contributed by atoms with Gasteiger partial charge in [-0.3, -0.25) is 4.79 Å². The minimum atomic E-state index is -4.39. The van der Waals surface area contributed by atoms with Crippen LogP contribution in [0.25, 0.3) is 0 Å². The van der Waals surface area contributed by atoms with Gasteiger partial charge in [0.15, 0.2) is 0 Å². The normalized spacial score (nSPS) is 24.9. The van der Waals surface area contributed by atoms with Crippen molar-refractivity contribution in [3.05, 3.63) is 23.9 Å². The number of anilines is 1. The van der Waals surface area contributed by atoms with Gasteiger partial charge in [-0.05, 0) is 31.4 Å². The summed E-state index contributed by atoms with van der Waals surface area (Å²) in [4.78, 5) is 19.7. The fourth-order valence-corrected chi connectivity index (χ4v) is 3.90. The number of carbonyl (C=O) groups excluding carboxylic acids is 1. The van der Waals surface area contributed by atoms with Gasteiger partial charge in [-0.25, -0.2) is 4.98 Å². The van der Waals surface area contributed by atoms with E-state index in [1.165, 1.54) is 6.07 Å². The lowest BCUT2D eigenvalue weighted by atomic mass is 9.73. The number of rotatable bonds is 3. The van der Waals surface area contributed by atoms with E-state index in [4.69, 9.17) is 5.11 Å². The van der Waals surface area contributed by atoms with Crippen molar-refractivity contribution >= 4 is 11.7 Å². The molecule has 0 aliphatic carbocycles. The monoisotopic (exact) mass is 357 g/mol. The van der Waals surface area contributed by atoms with Gasteiger partial charge in [0.2, 0.25) is 5.91 Å². The zero-order valence-electron chi connectivity index (χ0n) is 13.9. The van der Waals surface area contributed by atoms with Gasteiger partial charge in [-0.15, -0.1) is 0 Å². The Morgan fingerprint density at radius 3 is 2.68 bits per heavy atom. The van der Waals surface area contributed by atoms with Crippen LogP contribution < -0.4 is 4.90 Å². The lowest BCUT2D eigenvalue weighted by molar-refractivity contribution is -0.138. The molecule has 2 aliphatic heterocycles. The van der Waals surface area contributed by atoms with Crippen molar-refractivity contribution in [1.82, 2.24) is 9.88 Å². The molecule has 3 heterocycles. The van der Waals surface area contributed by atoms with E-state index in [2.05, 4.69) is 4.98 Å². The Morgan fingerprint density at radius 2 is 2.04 bits per heavy atom. The summed E-state index contributed by atoms with van der Waals surface area (Å²) in [6.07, 6.45) is -0.412. The molecule has 0 saturated carbocycles. The Hall–Kier alpha value is -1.83. The largest absolute Gasteiger partial charge is 0.417 e. The third-order valence-electron chi connectivity index (χ3n) is 5.18. The van der Waals surface area contributed by atoms with Gasteiger partial charge in [0.25, 0.3) is 0 Å². The van der Waals surface area contributed by atoms with E-state index in [0.717, 1.165) is 38.1 Å². The average molecular weight is 357 g/mol. The van der Waals surface area contributed by atoms with Gasteiger partial charge >= 0.3 is 6.18 Å². The number of pyridine rings is 1. The fraction of sp³-hybridized carbons (Fsp3) is 0.647. The molecule has 1 aromatic heterocycles. The number of nitrogens with zero attached hydrogens (tertiary/aromatic N) is 3. The predicted molar refractivity (Wildman–Crippen MR) is 86.0 cm³/mol. The van der Waals surface area contributed by atoms with E-state index in [9.17, 15) is 18.0 Å². The first kappa shape index (κ1) is 18.0. The highest BCUT2D eigenvalue weighted by Crippen LogP contribution is 2.40. The molecule has 0 unspecified atom stereocenters. The number of β-amino-alcohol motifs (C(OH)–C–C–N with tert-alkyl or cyclic N) is 1. The Labute approximate surface area is 144 Å². The highest BCUT2D eigenvalue weighted by molar-refractivity contribution is 5.77. The third kappa shape index (κ3) is 3.89. The molecule has 1 atom stereocenters. The Kier molecular flexibility index (Phi) is 4.90. The first-order valence-electron chi connectivity index (χ1n) is 8.50. The molecule has 0 aromatic carbocycles. The number of amides is 1. The van der Waals surface area contributed by atoms with Gasteiger partial charge in [0.05, 0.1) is 12.2 Å². The van der Waals surface area contributed by atoms with Gasteiger partial charge in [0.1, 0.15) is 5.82 Å². The summed E-state index contributed by atoms with van der Waals surface area (Å²) in [5, 5.41) is 9.14. The second-order valence-corrected chi connectivity index (χ2v) is 6.97. The van der Waals surface area contributed by atoms with Crippen LogP contribution in [0.4, 0.5) is 19.0 Å². The Balaban J connectivity index is 1.73. The zero-order chi connectivity index (χ0) is 18.1. The molecule has 1 N–H and O–H groups in total. The molecule has 3 rings (SSSR count). The second kappa shape index (κ2) is 6.82. The standard InChI is InChI=1S/C17H22F3N3O2/c18-17(19,20)13-2-3-14(21-10-13)22-7-1-5-16(11-22)6-4-15(25)23(12-16)8-9-24/h2-3,10,24H,1,4-9,11-12H2/t16-/m0/s1. The van der Waals surface area contributed by atoms with Crippen molar-refractivity contribution in [1.29, 1.82) is 0 Å². The molecule has 1 spiro atoms. The average Bonchev–Trinajstić information content (AvgIpc) is 2.58.